The number of carbonyl (C=O) groups is 2. The topological polar surface area (TPSA) is 132 Å². The number of benzene rings is 2. The van der Waals surface area contributed by atoms with Gasteiger partial charge < -0.3 is 15.3 Å². The highest BCUT2D eigenvalue weighted by molar-refractivity contribution is 7.87. The highest BCUT2D eigenvalue weighted by Crippen LogP contribution is 2.24. The van der Waals surface area contributed by atoms with Crippen molar-refractivity contribution in [3.8, 4) is 0 Å². The number of hydrogen-bond donors (Lipinski definition) is 3. The van der Waals surface area contributed by atoms with Crippen molar-refractivity contribution in [3.63, 3.8) is 0 Å². The molecule has 1 aliphatic rings. The number of urea groups is 1. The van der Waals surface area contributed by atoms with E-state index < -0.39 is 45.9 Å². The average Bonchev–Trinajstić information content (AvgIpc) is 3.45. The number of nitrogens with zero attached hydrogens (tertiary/aromatic N) is 3. The first kappa shape index (κ1) is 25.9. The summed E-state index contributed by atoms with van der Waals surface area (Å²) in [5, 5.41) is 11.9. The Morgan fingerprint density at radius 2 is 1.97 bits per heavy atom. The van der Waals surface area contributed by atoms with Crippen LogP contribution in [-0.4, -0.2) is 67.0 Å². The van der Waals surface area contributed by atoms with Gasteiger partial charge in [0.1, 0.15) is 17.7 Å². The number of anilines is 1. The monoisotopic (exact) mass is 539 g/mol. The predicted molar refractivity (Wildman–Crippen MR) is 130 cm³/mol. The predicted octanol–water partition coefficient (Wildman–Crippen LogP) is 1.76. The Labute approximate surface area is 209 Å². The van der Waals surface area contributed by atoms with Gasteiger partial charge in [-0.15, -0.1) is 11.3 Å². The lowest BCUT2D eigenvalue weighted by Crippen LogP contribution is -2.54. The number of halogens is 2. The number of aliphatic hydroxyl groups is 1. The van der Waals surface area contributed by atoms with Crippen molar-refractivity contribution in [1.29, 1.82) is 0 Å². The van der Waals surface area contributed by atoms with Gasteiger partial charge in [-0.2, -0.15) is 12.7 Å². The van der Waals surface area contributed by atoms with Crippen LogP contribution >= 0.6 is 11.3 Å². The van der Waals surface area contributed by atoms with E-state index in [1.807, 2.05) is 4.72 Å². The van der Waals surface area contributed by atoms with E-state index in [4.69, 9.17) is 0 Å². The van der Waals surface area contributed by atoms with Gasteiger partial charge in [-0.25, -0.2) is 23.3 Å². The molecule has 0 radical (unpaired) electrons. The summed E-state index contributed by atoms with van der Waals surface area (Å²) in [5.74, 6) is -2.38. The summed E-state index contributed by atoms with van der Waals surface area (Å²) in [7, 11) is -2.83. The zero-order chi connectivity index (χ0) is 26.0. The molecule has 1 aliphatic heterocycles. The first-order chi connectivity index (χ1) is 17.0. The molecular weight excluding hydrogens is 516 g/mol. The number of β-amino-alcohol motifs (C(OH)–C–C–N with tert-alkyl or cyclic N) is 1. The molecule has 3 aromatic rings. The fraction of sp³-hybridized carbons (Fsp3) is 0.318. The van der Waals surface area contributed by atoms with Gasteiger partial charge in [0.2, 0.25) is 5.91 Å². The summed E-state index contributed by atoms with van der Waals surface area (Å²) in [6.45, 7) is -0.147. The molecule has 3 amide bonds. The first-order valence-electron chi connectivity index (χ1n) is 10.8. The molecule has 14 heteroatoms. The lowest BCUT2D eigenvalue weighted by atomic mass is 10.0. The molecule has 192 valence electrons. The Hall–Kier alpha value is -3.20. The Morgan fingerprint density at radius 1 is 1.25 bits per heavy atom. The SMILES string of the molecule is CN(C(=O)[C@H](Cc1cc(F)cc(F)c1)NC(=O)NS(=O)(=O)N1CC[C@@H](O)C1)c1ccc2scnc2c1. The summed E-state index contributed by atoms with van der Waals surface area (Å²) in [5.41, 5.74) is 2.85. The number of thiazole rings is 1. The van der Waals surface area contributed by atoms with Crippen LogP contribution < -0.4 is 14.9 Å². The third-order valence-corrected chi connectivity index (χ3v) is 7.95. The van der Waals surface area contributed by atoms with Gasteiger partial charge in [-0.05, 0) is 42.3 Å². The molecular formula is C22H23F2N5O5S2. The zero-order valence-corrected chi connectivity index (χ0v) is 20.7. The molecule has 1 aromatic heterocycles. The van der Waals surface area contributed by atoms with Crippen molar-refractivity contribution < 1.29 is 31.9 Å². The van der Waals surface area contributed by atoms with Gasteiger partial charge in [0.15, 0.2) is 0 Å². The average molecular weight is 540 g/mol. The van der Waals surface area contributed by atoms with Gasteiger partial charge in [0.25, 0.3) is 0 Å². The summed E-state index contributed by atoms with van der Waals surface area (Å²) in [6, 6.07) is 5.27. The number of amides is 3. The van der Waals surface area contributed by atoms with E-state index in [0.29, 0.717) is 17.3 Å². The van der Waals surface area contributed by atoms with Crippen LogP contribution in [0.3, 0.4) is 0 Å². The smallest absolute Gasteiger partial charge is 0.330 e. The lowest BCUT2D eigenvalue weighted by molar-refractivity contribution is -0.120. The van der Waals surface area contributed by atoms with E-state index in [1.165, 1.54) is 23.3 Å². The number of aromatic nitrogens is 1. The molecule has 2 aromatic carbocycles. The number of nitrogens with one attached hydrogen (secondary N) is 2. The van der Waals surface area contributed by atoms with E-state index in [0.717, 1.165) is 21.1 Å². The molecule has 2 heterocycles. The Bertz CT molecular complexity index is 1380. The molecule has 1 saturated heterocycles. The quantitative estimate of drug-likeness (QED) is 0.419. The number of hydrogen-bond acceptors (Lipinski definition) is 7. The van der Waals surface area contributed by atoms with Crippen molar-refractivity contribution in [2.24, 2.45) is 0 Å². The molecule has 0 unspecified atom stereocenters. The van der Waals surface area contributed by atoms with Crippen LogP contribution in [0.25, 0.3) is 10.2 Å². The van der Waals surface area contributed by atoms with E-state index in [2.05, 4.69) is 10.3 Å². The van der Waals surface area contributed by atoms with Crippen LogP contribution in [0.1, 0.15) is 12.0 Å². The van der Waals surface area contributed by atoms with Gasteiger partial charge in [-0.3, -0.25) is 4.79 Å². The molecule has 2 atom stereocenters. The summed E-state index contributed by atoms with van der Waals surface area (Å²) >= 11 is 1.42. The second kappa shape index (κ2) is 10.4. The maximum Gasteiger partial charge on any atom is 0.330 e. The van der Waals surface area contributed by atoms with Gasteiger partial charge in [0.05, 0.1) is 21.8 Å². The molecule has 0 spiro atoms. The number of fused-ring (bicyclic) bond motifs is 1. The minimum atomic E-state index is -4.28. The first-order valence-corrected chi connectivity index (χ1v) is 13.2. The van der Waals surface area contributed by atoms with E-state index in [1.54, 1.807) is 23.7 Å². The fourth-order valence-corrected chi connectivity index (χ4v) is 5.67. The maximum atomic E-state index is 13.8. The molecule has 0 aliphatic carbocycles. The summed E-state index contributed by atoms with van der Waals surface area (Å²) in [6.07, 6.45) is -0.930. The zero-order valence-electron chi connectivity index (χ0n) is 19.0. The number of likely N-dealkylation sites (N-methyl/N-ethyl adjacent to an activating group) is 1. The maximum absolute atomic E-state index is 13.8. The molecule has 0 saturated carbocycles. The van der Waals surface area contributed by atoms with Crippen molar-refractivity contribution >= 4 is 49.4 Å². The minimum absolute atomic E-state index is 0.0243. The van der Waals surface area contributed by atoms with Crippen molar-refractivity contribution in [1.82, 2.24) is 19.3 Å². The van der Waals surface area contributed by atoms with E-state index >= 15 is 0 Å². The van der Waals surface area contributed by atoms with Crippen molar-refractivity contribution in [3.05, 3.63) is 59.1 Å². The highest BCUT2D eigenvalue weighted by Gasteiger charge is 2.33. The third kappa shape index (κ3) is 5.95. The summed E-state index contributed by atoms with van der Waals surface area (Å²) < 4.78 is 56.1. The molecule has 1 fully saturated rings. The van der Waals surface area contributed by atoms with Gasteiger partial charge in [-0.1, -0.05) is 0 Å². The normalized spacial score (nSPS) is 17.2. The van der Waals surface area contributed by atoms with Crippen LogP contribution in [0, 0.1) is 11.6 Å². The van der Waals surface area contributed by atoms with Crippen LogP contribution in [-0.2, 0) is 21.4 Å². The van der Waals surface area contributed by atoms with Gasteiger partial charge >= 0.3 is 16.2 Å². The third-order valence-electron chi connectivity index (χ3n) is 5.69. The van der Waals surface area contributed by atoms with Crippen LogP contribution in [0.5, 0.6) is 0 Å². The number of rotatable bonds is 7. The Kier molecular flexibility index (Phi) is 7.49. The molecule has 4 rings (SSSR count). The molecule has 10 nitrogen and oxygen atoms in total. The molecule has 3 N–H and O–H groups in total. The molecule has 0 bridgehead atoms. The van der Waals surface area contributed by atoms with Crippen molar-refractivity contribution in [2.45, 2.75) is 25.0 Å². The van der Waals surface area contributed by atoms with E-state index in [-0.39, 0.29) is 31.5 Å². The van der Waals surface area contributed by atoms with Crippen LogP contribution in [0.4, 0.5) is 19.3 Å². The van der Waals surface area contributed by atoms with E-state index in [9.17, 15) is 31.9 Å². The Balaban J connectivity index is 1.56. The second-order valence-electron chi connectivity index (χ2n) is 8.32. The lowest BCUT2D eigenvalue weighted by Gasteiger charge is -2.25. The minimum Gasteiger partial charge on any atom is -0.392 e. The standard InChI is InChI=1S/C22H23F2N5O5S2/c1-28(16-2-3-20-18(10-16)25-12-35-20)21(31)19(8-13-6-14(23)9-15(24)7-13)26-22(32)27-36(33,34)29-5-4-17(30)11-29/h2-3,6-7,9-10,12,17,19,30H,4-5,8,11H2,1H3,(H2,26,27,32)/t17-,19+/m1/s1. The van der Waals surface area contributed by atoms with Crippen molar-refractivity contribution in [2.75, 3.05) is 25.0 Å². The molecule has 36 heavy (non-hydrogen) atoms. The van der Waals surface area contributed by atoms with Crippen LogP contribution in [0.15, 0.2) is 41.9 Å². The second-order valence-corrected chi connectivity index (χ2v) is 10.9. The van der Waals surface area contributed by atoms with Gasteiger partial charge in [0, 0.05) is 38.3 Å². The largest absolute Gasteiger partial charge is 0.392 e. The fourth-order valence-electron chi connectivity index (χ4n) is 3.88. The number of carbonyl (C=O) groups excluding carboxylic acids is 2. The summed E-state index contributed by atoms with van der Waals surface area (Å²) in [4.78, 5) is 31.4. The Morgan fingerprint density at radius 3 is 2.64 bits per heavy atom. The number of aliphatic hydroxyl groups excluding tert-OH is 1. The van der Waals surface area contributed by atoms with Crippen LogP contribution in [0.2, 0.25) is 0 Å². The highest BCUT2D eigenvalue weighted by atomic mass is 32.2.